The number of carboxylic acid groups (broad SMARTS) is 1. The van der Waals surface area contributed by atoms with Gasteiger partial charge in [-0.15, -0.1) is 0 Å². The lowest BCUT2D eigenvalue weighted by Crippen LogP contribution is -2.28. The molecule has 0 heterocycles. The Labute approximate surface area is 214 Å². The third-order valence-corrected chi connectivity index (χ3v) is 6.19. The van der Waals surface area contributed by atoms with E-state index in [0.29, 0.717) is 19.3 Å². The molecule has 0 saturated carbocycles. The number of hydrogen-bond donors (Lipinski definition) is 2. The molecule has 0 rings (SSSR count). The molecular formula is C29H53NO5. The predicted octanol–water partition coefficient (Wildman–Crippen LogP) is 7.50. The summed E-state index contributed by atoms with van der Waals surface area (Å²) in [6.07, 6.45) is 25.1. The normalized spacial score (nSPS) is 12.1. The van der Waals surface area contributed by atoms with Crippen molar-refractivity contribution in [2.24, 2.45) is 0 Å². The third-order valence-electron chi connectivity index (χ3n) is 6.19. The molecule has 0 saturated heterocycles. The monoisotopic (exact) mass is 495 g/mol. The molecule has 6 heteroatoms. The molecule has 0 radical (unpaired) electrons. The first-order valence-corrected chi connectivity index (χ1v) is 14.3. The second kappa shape index (κ2) is 25.2. The molecule has 0 aromatic rings. The number of allylic oxidation sites excluding steroid dienone is 2. The number of ether oxygens (including phenoxy) is 1. The van der Waals surface area contributed by atoms with Crippen LogP contribution in [0.2, 0.25) is 0 Å². The molecule has 6 nitrogen and oxygen atoms in total. The number of carboxylic acids is 1. The maximum Gasteiger partial charge on any atom is 0.322 e. The van der Waals surface area contributed by atoms with Gasteiger partial charge in [-0.2, -0.15) is 0 Å². The van der Waals surface area contributed by atoms with E-state index in [0.717, 1.165) is 51.4 Å². The number of amides is 1. The van der Waals surface area contributed by atoms with E-state index in [4.69, 9.17) is 9.84 Å². The van der Waals surface area contributed by atoms with Gasteiger partial charge in [-0.05, 0) is 57.8 Å². The predicted molar refractivity (Wildman–Crippen MR) is 143 cm³/mol. The van der Waals surface area contributed by atoms with E-state index in [1.54, 1.807) is 0 Å². The summed E-state index contributed by atoms with van der Waals surface area (Å²) in [4.78, 5) is 34.3. The van der Waals surface area contributed by atoms with Crippen molar-refractivity contribution in [3.8, 4) is 0 Å². The molecule has 0 aromatic carbocycles. The van der Waals surface area contributed by atoms with E-state index in [-0.39, 0.29) is 24.5 Å². The second-order valence-electron chi connectivity index (χ2n) is 9.65. The molecule has 0 aliphatic rings. The average molecular weight is 496 g/mol. The van der Waals surface area contributed by atoms with Gasteiger partial charge in [0.15, 0.2) is 0 Å². The molecule has 2 N–H and O–H groups in total. The van der Waals surface area contributed by atoms with Crippen LogP contribution in [0.1, 0.15) is 142 Å². The average Bonchev–Trinajstić information content (AvgIpc) is 2.83. The third kappa shape index (κ3) is 25.1. The van der Waals surface area contributed by atoms with Crippen molar-refractivity contribution < 1.29 is 24.2 Å². The van der Waals surface area contributed by atoms with E-state index in [1.165, 1.54) is 57.8 Å². The summed E-state index contributed by atoms with van der Waals surface area (Å²) in [5.41, 5.74) is 0. The van der Waals surface area contributed by atoms with Crippen molar-refractivity contribution in [2.45, 2.75) is 148 Å². The number of carbonyl (C=O) groups is 3. The standard InChI is InChI=1S/C29H53NO5/c1-3-5-7-8-9-10-11-12-13-14-15-16-20-24-29(34)35-26(21-6-4-2)22-18-17-19-23-27(31)30-25-28(32)33/h10-11,26H,3-9,12-25H2,1-2H3,(H,30,31)(H,32,33)/b11-10-. The number of aliphatic carboxylic acids is 1. The maximum absolute atomic E-state index is 12.3. The van der Waals surface area contributed by atoms with Crippen LogP contribution < -0.4 is 5.32 Å². The molecule has 1 atom stereocenters. The highest BCUT2D eigenvalue weighted by Gasteiger charge is 2.14. The zero-order valence-corrected chi connectivity index (χ0v) is 22.7. The zero-order chi connectivity index (χ0) is 26.0. The Kier molecular flexibility index (Phi) is 23.9. The Bertz CT molecular complexity index is 561. The van der Waals surface area contributed by atoms with Crippen LogP contribution in [-0.2, 0) is 19.1 Å². The second-order valence-corrected chi connectivity index (χ2v) is 9.65. The Morgan fingerprint density at radius 3 is 1.91 bits per heavy atom. The molecular weight excluding hydrogens is 442 g/mol. The lowest BCUT2D eigenvalue weighted by atomic mass is 10.0. The Hall–Kier alpha value is -1.85. The van der Waals surface area contributed by atoms with Crippen molar-refractivity contribution in [2.75, 3.05) is 6.54 Å². The minimum absolute atomic E-state index is 0.0305. The fourth-order valence-electron chi connectivity index (χ4n) is 4.02. The molecule has 0 aliphatic heterocycles. The van der Waals surface area contributed by atoms with Crippen LogP contribution in [0.4, 0.5) is 0 Å². The van der Waals surface area contributed by atoms with Crippen LogP contribution in [0.3, 0.4) is 0 Å². The number of unbranched alkanes of at least 4 members (excludes halogenated alkanes) is 12. The van der Waals surface area contributed by atoms with Crippen molar-refractivity contribution in [1.29, 1.82) is 0 Å². The first kappa shape index (κ1) is 33.1. The Morgan fingerprint density at radius 2 is 1.26 bits per heavy atom. The van der Waals surface area contributed by atoms with Gasteiger partial charge in [0.05, 0.1) is 0 Å². The number of carbonyl (C=O) groups excluding carboxylic acids is 2. The lowest BCUT2D eigenvalue weighted by molar-refractivity contribution is -0.150. The van der Waals surface area contributed by atoms with Gasteiger partial charge in [-0.3, -0.25) is 14.4 Å². The van der Waals surface area contributed by atoms with Crippen LogP contribution >= 0.6 is 0 Å². The summed E-state index contributed by atoms with van der Waals surface area (Å²) in [6, 6.07) is 0. The van der Waals surface area contributed by atoms with Gasteiger partial charge in [0.1, 0.15) is 12.6 Å². The topological polar surface area (TPSA) is 92.7 Å². The highest BCUT2D eigenvalue weighted by atomic mass is 16.5. The zero-order valence-electron chi connectivity index (χ0n) is 22.7. The van der Waals surface area contributed by atoms with Gasteiger partial charge in [-0.1, -0.05) is 83.8 Å². The molecule has 0 fully saturated rings. The molecule has 0 bridgehead atoms. The largest absolute Gasteiger partial charge is 0.480 e. The fourth-order valence-corrected chi connectivity index (χ4v) is 4.02. The molecule has 0 spiro atoms. The van der Waals surface area contributed by atoms with Crippen molar-refractivity contribution in [3.63, 3.8) is 0 Å². The van der Waals surface area contributed by atoms with E-state index < -0.39 is 5.97 Å². The highest BCUT2D eigenvalue weighted by Crippen LogP contribution is 2.16. The van der Waals surface area contributed by atoms with Crippen molar-refractivity contribution >= 4 is 17.8 Å². The molecule has 0 aliphatic carbocycles. The van der Waals surface area contributed by atoms with Gasteiger partial charge in [0, 0.05) is 12.8 Å². The quantitative estimate of drug-likeness (QED) is 0.0777. The highest BCUT2D eigenvalue weighted by molar-refractivity contribution is 5.80. The van der Waals surface area contributed by atoms with Crippen LogP contribution in [0.5, 0.6) is 0 Å². The Morgan fingerprint density at radius 1 is 0.714 bits per heavy atom. The smallest absolute Gasteiger partial charge is 0.322 e. The van der Waals surface area contributed by atoms with Gasteiger partial charge >= 0.3 is 11.9 Å². The van der Waals surface area contributed by atoms with Gasteiger partial charge in [-0.25, -0.2) is 0 Å². The van der Waals surface area contributed by atoms with Crippen LogP contribution in [0.25, 0.3) is 0 Å². The van der Waals surface area contributed by atoms with Crippen molar-refractivity contribution in [1.82, 2.24) is 5.32 Å². The fraction of sp³-hybridized carbons (Fsp3) is 0.828. The van der Waals surface area contributed by atoms with E-state index in [2.05, 4.69) is 31.3 Å². The van der Waals surface area contributed by atoms with E-state index >= 15 is 0 Å². The number of hydrogen-bond acceptors (Lipinski definition) is 4. The maximum atomic E-state index is 12.3. The number of nitrogens with one attached hydrogen (secondary N) is 1. The van der Waals surface area contributed by atoms with Crippen LogP contribution in [0, 0.1) is 0 Å². The molecule has 35 heavy (non-hydrogen) atoms. The summed E-state index contributed by atoms with van der Waals surface area (Å²) < 4.78 is 5.76. The summed E-state index contributed by atoms with van der Waals surface area (Å²) in [5, 5.41) is 10.9. The lowest BCUT2D eigenvalue weighted by Gasteiger charge is -2.18. The number of esters is 1. The van der Waals surface area contributed by atoms with E-state index in [9.17, 15) is 14.4 Å². The van der Waals surface area contributed by atoms with Gasteiger partial charge in [0.25, 0.3) is 0 Å². The van der Waals surface area contributed by atoms with E-state index in [1.807, 2.05) is 0 Å². The minimum Gasteiger partial charge on any atom is -0.480 e. The summed E-state index contributed by atoms with van der Waals surface area (Å²) >= 11 is 0. The molecule has 1 unspecified atom stereocenters. The van der Waals surface area contributed by atoms with Gasteiger partial charge in [0.2, 0.25) is 5.91 Å². The van der Waals surface area contributed by atoms with Crippen LogP contribution in [0.15, 0.2) is 12.2 Å². The minimum atomic E-state index is -1.03. The van der Waals surface area contributed by atoms with Crippen molar-refractivity contribution in [3.05, 3.63) is 12.2 Å². The summed E-state index contributed by atoms with van der Waals surface area (Å²) in [6.45, 7) is 4.05. The summed E-state index contributed by atoms with van der Waals surface area (Å²) in [5.74, 6) is -1.34. The summed E-state index contributed by atoms with van der Waals surface area (Å²) in [7, 11) is 0. The molecule has 1 amide bonds. The van der Waals surface area contributed by atoms with Crippen LogP contribution in [-0.4, -0.2) is 35.6 Å². The molecule has 0 aromatic heterocycles. The van der Waals surface area contributed by atoms with Gasteiger partial charge < -0.3 is 15.2 Å². The first-order valence-electron chi connectivity index (χ1n) is 14.3. The first-order chi connectivity index (χ1) is 17.0. The number of rotatable bonds is 25. The Balaban J connectivity index is 3.81. The SMILES string of the molecule is CCCCCC/C=C\CCCCCCCC(=O)OC(CCCC)CCCCCC(=O)NCC(=O)O. The molecule has 204 valence electrons.